The molecule has 2 heterocycles. The molecule has 1 aliphatic carbocycles. The Morgan fingerprint density at radius 3 is 1.92 bits per heavy atom. The molecular weight excluding hydrogens is 773 g/mol. The number of anilines is 1. The molecule has 6 nitrogen and oxygen atoms in total. The molecule has 310 valence electrons. The number of hydrogen-bond acceptors (Lipinski definition) is 5. The molecule has 61 heavy (non-hydrogen) atoms. The minimum Gasteiger partial charge on any atom is -0.744 e. The number of benzene rings is 6. The largest absolute Gasteiger partial charge is 0.744 e. The normalized spacial score (nSPS) is 18.3. The molecule has 3 aliphatic rings. The van der Waals surface area contributed by atoms with Crippen LogP contribution in [0.4, 0.5) is 11.4 Å². The lowest BCUT2D eigenvalue weighted by atomic mass is 9.78. The van der Waals surface area contributed by atoms with Crippen LogP contribution >= 0.6 is 0 Å². The summed E-state index contributed by atoms with van der Waals surface area (Å²) in [7, 11) is 0.146. The second-order valence-electron chi connectivity index (χ2n) is 17.6. The number of aryl methyl sites for hydroxylation is 2. The van der Waals surface area contributed by atoms with Crippen LogP contribution in [0, 0.1) is 13.8 Å². The molecule has 0 bridgehead atoms. The number of rotatable bonds is 6. The first-order chi connectivity index (χ1) is 29.1. The Labute approximate surface area is 361 Å². The minimum absolute atomic E-state index is 0.143. The fourth-order valence-corrected chi connectivity index (χ4v) is 10.00. The Balaban J connectivity index is 0.000000408. The molecular formula is C54H54N2O4S. The summed E-state index contributed by atoms with van der Waals surface area (Å²) < 4.78 is 40.4. The highest BCUT2D eigenvalue weighted by Crippen LogP contribution is 2.50. The summed E-state index contributed by atoms with van der Waals surface area (Å²) in [5.74, 6) is 1.86. The monoisotopic (exact) mass is 826 g/mol. The zero-order chi connectivity index (χ0) is 43.3. The molecule has 9 rings (SSSR count). The molecule has 0 amide bonds. The third-order valence-electron chi connectivity index (χ3n) is 12.7. The van der Waals surface area contributed by atoms with Crippen molar-refractivity contribution in [1.29, 1.82) is 0 Å². The summed E-state index contributed by atoms with van der Waals surface area (Å²) in [5.41, 5.74) is 12.3. The van der Waals surface area contributed by atoms with Crippen LogP contribution in [0.15, 0.2) is 173 Å². The SMILES string of the molecule is Cc1ccc(OC2=C(C=CC3=[N+](C)c4ccc5ccccc5c4C3(C)C)CCCC2=CC=C2N(C)c3ccc4ccccc4c3C2(C)C)cc1.Cc1ccc(S(=O)(=O)[O-])cc1. The number of fused-ring (bicyclic) bond motifs is 6. The molecule has 6 aromatic rings. The van der Waals surface area contributed by atoms with Crippen LogP contribution in [-0.4, -0.2) is 37.4 Å². The van der Waals surface area contributed by atoms with E-state index in [1.54, 1.807) is 12.1 Å². The lowest BCUT2D eigenvalue weighted by molar-refractivity contribution is -0.401. The Hall–Kier alpha value is -6.02. The van der Waals surface area contributed by atoms with Crippen molar-refractivity contribution in [3.63, 3.8) is 0 Å². The van der Waals surface area contributed by atoms with E-state index >= 15 is 0 Å². The number of likely N-dealkylation sites (N-methyl/N-ethyl adjacent to an activating group) is 1. The molecule has 7 heteroatoms. The van der Waals surface area contributed by atoms with Crippen molar-refractivity contribution < 1.29 is 22.3 Å². The molecule has 6 aromatic carbocycles. The van der Waals surface area contributed by atoms with Crippen LogP contribution in [0.25, 0.3) is 21.5 Å². The average molecular weight is 827 g/mol. The summed E-state index contributed by atoms with van der Waals surface area (Å²) in [5, 5.41) is 5.24. The van der Waals surface area contributed by atoms with Gasteiger partial charge in [-0.3, -0.25) is 0 Å². The van der Waals surface area contributed by atoms with E-state index < -0.39 is 10.1 Å². The average Bonchev–Trinajstić information content (AvgIpc) is 3.56. The molecule has 0 saturated carbocycles. The third kappa shape index (κ3) is 7.89. The summed E-state index contributed by atoms with van der Waals surface area (Å²) in [6, 6.07) is 40.8. The van der Waals surface area contributed by atoms with Gasteiger partial charge in [-0.2, -0.15) is 4.58 Å². The zero-order valence-electron chi connectivity index (χ0n) is 36.4. The maximum atomic E-state index is 10.4. The van der Waals surface area contributed by atoms with Gasteiger partial charge in [0.25, 0.3) is 0 Å². The maximum Gasteiger partial charge on any atom is 0.210 e. The van der Waals surface area contributed by atoms with Crippen LogP contribution in [0.3, 0.4) is 0 Å². The van der Waals surface area contributed by atoms with Gasteiger partial charge in [0.1, 0.15) is 28.7 Å². The van der Waals surface area contributed by atoms with Crippen LogP contribution in [0.5, 0.6) is 5.75 Å². The quantitative estimate of drug-likeness (QED) is 0.124. The first kappa shape index (κ1) is 41.7. The van der Waals surface area contributed by atoms with E-state index in [0.29, 0.717) is 0 Å². The van der Waals surface area contributed by atoms with Crippen molar-refractivity contribution in [2.75, 3.05) is 19.0 Å². The number of nitrogens with zero attached hydrogens (tertiary/aromatic N) is 2. The van der Waals surface area contributed by atoms with Crippen LogP contribution in [-0.2, 0) is 20.9 Å². The van der Waals surface area contributed by atoms with E-state index in [-0.39, 0.29) is 15.7 Å². The first-order valence-corrected chi connectivity index (χ1v) is 22.5. The van der Waals surface area contributed by atoms with Gasteiger partial charge in [-0.05, 0) is 134 Å². The van der Waals surface area contributed by atoms with Gasteiger partial charge in [0.05, 0.1) is 10.3 Å². The van der Waals surface area contributed by atoms with E-state index in [1.807, 2.05) is 6.92 Å². The molecule has 0 saturated heterocycles. The Morgan fingerprint density at radius 2 is 1.28 bits per heavy atom. The standard InChI is InChI=1S/C47H47N2O.C7H8O3S/c1-31-19-25-36(26-20-31)50-45-34(23-29-41-46(2,3)43-37-17-10-8-13-32(37)21-27-39(43)48(41)6)15-12-16-35(45)24-30-42-47(4,5)44-38-18-11-9-14-33(38)22-28-40(44)49(42)7;1-6-2-4-7(5-3-6)11(8,9)10/h8-11,13-14,17-30H,12,15-16H2,1-7H3;2-5H,1H3,(H,8,9,10)/q+1;/p-1. The summed E-state index contributed by atoms with van der Waals surface area (Å²) in [6.07, 6.45) is 12.4. The van der Waals surface area contributed by atoms with E-state index in [4.69, 9.17) is 4.74 Å². The van der Waals surface area contributed by atoms with Gasteiger partial charge >= 0.3 is 0 Å². The first-order valence-electron chi connectivity index (χ1n) is 21.0. The van der Waals surface area contributed by atoms with Gasteiger partial charge in [-0.15, -0.1) is 0 Å². The van der Waals surface area contributed by atoms with Crippen molar-refractivity contribution in [3.8, 4) is 5.75 Å². The second-order valence-corrected chi connectivity index (χ2v) is 19.0. The molecule has 0 spiro atoms. The van der Waals surface area contributed by atoms with Gasteiger partial charge in [0.15, 0.2) is 5.71 Å². The second kappa shape index (κ2) is 16.1. The summed E-state index contributed by atoms with van der Waals surface area (Å²) in [6.45, 7) is 13.4. The number of allylic oxidation sites excluding steroid dienone is 7. The zero-order valence-corrected chi connectivity index (χ0v) is 37.2. The highest BCUT2D eigenvalue weighted by Gasteiger charge is 2.44. The maximum absolute atomic E-state index is 10.4. The Kier molecular flexibility index (Phi) is 11.0. The lowest BCUT2D eigenvalue weighted by Gasteiger charge is -2.25. The summed E-state index contributed by atoms with van der Waals surface area (Å²) in [4.78, 5) is 2.20. The molecule has 0 aromatic heterocycles. The van der Waals surface area contributed by atoms with Crippen LogP contribution in [0.2, 0.25) is 0 Å². The van der Waals surface area contributed by atoms with Crippen molar-refractivity contribution in [1.82, 2.24) is 0 Å². The van der Waals surface area contributed by atoms with E-state index in [9.17, 15) is 13.0 Å². The minimum atomic E-state index is -4.27. The topological polar surface area (TPSA) is 72.7 Å². The van der Waals surface area contributed by atoms with E-state index in [2.05, 4.69) is 180 Å². The smallest absolute Gasteiger partial charge is 0.210 e. The Bertz CT molecular complexity index is 2970. The highest BCUT2D eigenvalue weighted by atomic mass is 32.2. The van der Waals surface area contributed by atoms with Crippen molar-refractivity contribution in [3.05, 3.63) is 190 Å². The molecule has 0 N–H and O–H groups in total. The predicted octanol–water partition coefficient (Wildman–Crippen LogP) is 12.5. The van der Waals surface area contributed by atoms with Gasteiger partial charge < -0.3 is 14.2 Å². The molecule has 2 aliphatic heterocycles. The lowest BCUT2D eigenvalue weighted by Crippen LogP contribution is -2.27. The van der Waals surface area contributed by atoms with Gasteiger partial charge in [-0.25, -0.2) is 8.42 Å². The van der Waals surface area contributed by atoms with Gasteiger partial charge in [-0.1, -0.05) is 110 Å². The van der Waals surface area contributed by atoms with Crippen molar-refractivity contribution >= 4 is 48.7 Å². The van der Waals surface area contributed by atoms with Crippen LogP contribution < -0.4 is 9.64 Å². The predicted molar refractivity (Wildman–Crippen MR) is 250 cm³/mol. The van der Waals surface area contributed by atoms with Crippen molar-refractivity contribution in [2.24, 2.45) is 0 Å². The third-order valence-corrected chi connectivity index (χ3v) is 13.6. The van der Waals surface area contributed by atoms with Gasteiger partial charge in [0, 0.05) is 41.6 Å². The van der Waals surface area contributed by atoms with E-state index in [0.717, 1.165) is 36.3 Å². The fraction of sp³-hybridized carbons (Fsp3) is 0.241. The fourth-order valence-electron chi connectivity index (χ4n) is 9.53. The van der Waals surface area contributed by atoms with Crippen molar-refractivity contribution in [2.45, 2.75) is 76.5 Å². The van der Waals surface area contributed by atoms with Crippen LogP contribution in [0.1, 0.15) is 69.2 Å². The highest BCUT2D eigenvalue weighted by molar-refractivity contribution is 7.85. The Morgan fingerprint density at radius 1 is 0.689 bits per heavy atom. The number of ether oxygens (including phenoxy) is 1. The molecule has 0 radical (unpaired) electrons. The molecule has 0 atom stereocenters. The van der Waals surface area contributed by atoms with Gasteiger partial charge in [0.2, 0.25) is 5.69 Å². The number of hydrogen-bond donors (Lipinski definition) is 0. The molecule has 0 unspecified atom stereocenters. The summed E-state index contributed by atoms with van der Waals surface area (Å²) >= 11 is 0. The molecule has 0 fully saturated rings. The van der Waals surface area contributed by atoms with E-state index in [1.165, 1.54) is 84.3 Å².